The SMILES string of the molecule is C=C(C1CCOC1)S(=O)(=O)Cl. The zero-order valence-corrected chi connectivity index (χ0v) is 7.49. The van der Waals surface area contributed by atoms with Gasteiger partial charge in [0, 0.05) is 23.2 Å². The molecule has 0 N–H and O–H groups in total. The van der Waals surface area contributed by atoms with Gasteiger partial charge in [0.15, 0.2) is 0 Å². The lowest BCUT2D eigenvalue weighted by molar-refractivity contribution is 0.191. The lowest BCUT2D eigenvalue weighted by Gasteiger charge is -2.06. The normalized spacial score (nSPS) is 25.4. The van der Waals surface area contributed by atoms with Crippen molar-refractivity contribution in [3.05, 3.63) is 11.5 Å². The Hall–Kier alpha value is -0.0600. The second-order valence-corrected chi connectivity index (χ2v) is 5.08. The lowest BCUT2D eigenvalue weighted by atomic mass is 10.1. The van der Waals surface area contributed by atoms with Gasteiger partial charge in [-0.25, -0.2) is 8.42 Å². The topological polar surface area (TPSA) is 43.4 Å². The van der Waals surface area contributed by atoms with Crippen molar-refractivity contribution in [3.8, 4) is 0 Å². The van der Waals surface area contributed by atoms with Gasteiger partial charge < -0.3 is 4.74 Å². The second-order valence-electron chi connectivity index (χ2n) is 2.46. The molecule has 64 valence electrons. The number of ether oxygens (including phenoxy) is 1. The van der Waals surface area contributed by atoms with Gasteiger partial charge in [0.1, 0.15) is 0 Å². The highest BCUT2D eigenvalue weighted by atomic mass is 35.7. The Bertz CT molecular complexity index is 251. The summed E-state index contributed by atoms with van der Waals surface area (Å²) >= 11 is 0. The smallest absolute Gasteiger partial charge is 0.257 e. The molecule has 0 aromatic heterocycles. The van der Waals surface area contributed by atoms with Crippen LogP contribution in [0, 0.1) is 5.92 Å². The quantitative estimate of drug-likeness (QED) is 0.622. The molecule has 1 heterocycles. The van der Waals surface area contributed by atoms with E-state index >= 15 is 0 Å². The van der Waals surface area contributed by atoms with Gasteiger partial charge in [0.05, 0.1) is 11.5 Å². The van der Waals surface area contributed by atoms with Gasteiger partial charge in [-0.1, -0.05) is 6.58 Å². The van der Waals surface area contributed by atoms with Gasteiger partial charge in [-0.2, -0.15) is 0 Å². The molecular weight excluding hydrogens is 188 g/mol. The summed E-state index contributed by atoms with van der Waals surface area (Å²) in [7, 11) is 1.49. The molecule has 1 atom stereocenters. The van der Waals surface area contributed by atoms with Gasteiger partial charge >= 0.3 is 0 Å². The fraction of sp³-hybridized carbons (Fsp3) is 0.667. The molecule has 0 amide bonds. The van der Waals surface area contributed by atoms with E-state index in [1.807, 2.05) is 0 Å². The second kappa shape index (κ2) is 3.13. The molecule has 0 saturated carbocycles. The largest absolute Gasteiger partial charge is 0.381 e. The molecule has 11 heavy (non-hydrogen) atoms. The van der Waals surface area contributed by atoms with E-state index < -0.39 is 9.05 Å². The van der Waals surface area contributed by atoms with Crippen LogP contribution in [0.15, 0.2) is 11.5 Å². The summed E-state index contributed by atoms with van der Waals surface area (Å²) < 4.78 is 26.4. The van der Waals surface area contributed by atoms with Crippen LogP contribution in [0.5, 0.6) is 0 Å². The number of hydrogen-bond acceptors (Lipinski definition) is 3. The fourth-order valence-electron chi connectivity index (χ4n) is 0.988. The highest BCUT2D eigenvalue weighted by Crippen LogP contribution is 2.26. The summed E-state index contributed by atoms with van der Waals surface area (Å²) in [6.07, 6.45) is 0.699. The summed E-state index contributed by atoms with van der Waals surface area (Å²) in [5.74, 6) is -0.113. The Labute approximate surface area is 70.4 Å². The maximum atomic E-state index is 10.7. The Kier molecular flexibility index (Phi) is 2.57. The van der Waals surface area contributed by atoms with Crippen LogP contribution in [0.3, 0.4) is 0 Å². The van der Waals surface area contributed by atoms with Crippen LogP contribution in [0.1, 0.15) is 6.42 Å². The van der Waals surface area contributed by atoms with Crippen molar-refractivity contribution in [2.75, 3.05) is 13.2 Å². The van der Waals surface area contributed by atoms with E-state index in [1.165, 1.54) is 0 Å². The zero-order chi connectivity index (χ0) is 8.48. The molecule has 3 nitrogen and oxygen atoms in total. The molecule has 1 aliphatic heterocycles. The van der Waals surface area contributed by atoms with Crippen LogP contribution in [-0.4, -0.2) is 21.6 Å². The molecule has 0 aliphatic carbocycles. The molecule has 1 unspecified atom stereocenters. The van der Waals surface area contributed by atoms with Crippen LogP contribution in [0.4, 0.5) is 0 Å². The van der Waals surface area contributed by atoms with Crippen LogP contribution in [-0.2, 0) is 13.8 Å². The third kappa shape index (κ3) is 2.18. The molecule has 0 spiro atoms. The van der Waals surface area contributed by atoms with Crippen LogP contribution in [0.2, 0.25) is 0 Å². The first-order chi connectivity index (χ1) is 5.02. The van der Waals surface area contributed by atoms with Crippen LogP contribution < -0.4 is 0 Å². The predicted octanol–water partition coefficient (Wildman–Crippen LogP) is 1.11. The van der Waals surface area contributed by atoms with E-state index in [9.17, 15) is 8.42 Å². The summed E-state index contributed by atoms with van der Waals surface area (Å²) in [5, 5.41) is 0. The summed E-state index contributed by atoms with van der Waals surface area (Å²) in [4.78, 5) is 0.0802. The summed E-state index contributed by atoms with van der Waals surface area (Å²) in [6.45, 7) is 4.42. The van der Waals surface area contributed by atoms with Crippen molar-refractivity contribution < 1.29 is 13.2 Å². The molecule has 1 aliphatic rings. The third-order valence-corrected chi connectivity index (χ3v) is 3.25. The molecule has 1 saturated heterocycles. The molecule has 0 bridgehead atoms. The summed E-state index contributed by atoms with van der Waals surface area (Å²) in [6, 6.07) is 0. The first-order valence-electron chi connectivity index (χ1n) is 3.23. The van der Waals surface area contributed by atoms with E-state index in [-0.39, 0.29) is 10.8 Å². The van der Waals surface area contributed by atoms with Gasteiger partial charge in [-0.3, -0.25) is 0 Å². The molecule has 1 fully saturated rings. The van der Waals surface area contributed by atoms with E-state index in [2.05, 4.69) is 6.58 Å². The summed E-state index contributed by atoms with van der Waals surface area (Å²) in [5.41, 5.74) is 0. The van der Waals surface area contributed by atoms with Crippen molar-refractivity contribution in [3.63, 3.8) is 0 Å². The average molecular weight is 197 g/mol. The number of halogens is 1. The van der Waals surface area contributed by atoms with Crippen molar-refractivity contribution in [1.82, 2.24) is 0 Å². The average Bonchev–Trinajstić information content (AvgIpc) is 2.34. The van der Waals surface area contributed by atoms with E-state index in [0.29, 0.717) is 19.6 Å². The number of hydrogen-bond donors (Lipinski definition) is 0. The van der Waals surface area contributed by atoms with Crippen molar-refractivity contribution >= 4 is 19.7 Å². The maximum Gasteiger partial charge on any atom is 0.257 e. The molecule has 5 heteroatoms. The zero-order valence-electron chi connectivity index (χ0n) is 5.92. The number of rotatable bonds is 2. The Morgan fingerprint density at radius 3 is 2.64 bits per heavy atom. The van der Waals surface area contributed by atoms with Crippen LogP contribution in [0.25, 0.3) is 0 Å². The third-order valence-electron chi connectivity index (χ3n) is 1.70. The van der Waals surface area contributed by atoms with Crippen molar-refractivity contribution in [2.45, 2.75) is 6.42 Å². The fourth-order valence-corrected chi connectivity index (χ4v) is 1.95. The predicted molar refractivity (Wildman–Crippen MR) is 42.8 cm³/mol. The monoisotopic (exact) mass is 196 g/mol. The Balaban J connectivity index is 2.69. The van der Waals surface area contributed by atoms with Crippen molar-refractivity contribution in [1.29, 1.82) is 0 Å². The Morgan fingerprint density at radius 1 is 1.64 bits per heavy atom. The van der Waals surface area contributed by atoms with Gasteiger partial charge in [-0.05, 0) is 6.42 Å². The lowest BCUT2D eigenvalue weighted by Crippen LogP contribution is -2.07. The van der Waals surface area contributed by atoms with Crippen molar-refractivity contribution in [2.24, 2.45) is 5.92 Å². The molecule has 0 aromatic rings. The first-order valence-corrected chi connectivity index (χ1v) is 5.54. The van der Waals surface area contributed by atoms with E-state index in [1.54, 1.807) is 0 Å². The first kappa shape index (κ1) is 9.03. The van der Waals surface area contributed by atoms with Gasteiger partial charge in [-0.15, -0.1) is 0 Å². The standard InChI is InChI=1S/C6H9ClO3S/c1-5(11(7,8)9)6-2-3-10-4-6/h6H,1-4H2. The highest BCUT2D eigenvalue weighted by Gasteiger charge is 2.26. The minimum absolute atomic E-state index is 0.0802. The van der Waals surface area contributed by atoms with Gasteiger partial charge in [0.25, 0.3) is 9.05 Å². The Morgan fingerprint density at radius 2 is 2.27 bits per heavy atom. The minimum Gasteiger partial charge on any atom is -0.381 e. The molecule has 0 radical (unpaired) electrons. The molecule has 0 aromatic carbocycles. The maximum absolute atomic E-state index is 10.7. The minimum atomic E-state index is -3.59. The van der Waals surface area contributed by atoms with E-state index in [4.69, 9.17) is 15.4 Å². The molecule has 1 rings (SSSR count). The van der Waals surface area contributed by atoms with E-state index in [0.717, 1.165) is 0 Å². The molecular formula is C6H9ClO3S. The van der Waals surface area contributed by atoms with Crippen LogP contribution >= 0.6 is 10.7 Å². The highest BCUT2D eigenvalue weighted by molar-refractivity contribution is 8.16. The van der Waals surface area contributed by atoms with Gasteiger partial charge in [0.2, 0.25) is 0 Å².